The fraction of sp³-hybridized carbons (Fsp3) is 0.412. The Morgan fingerprint density at radius 3 is 2.86 bits per heavy atom. The van der Waals surface area contributed by atoms with Crippen LogP contribution in [0.25, 0.3) is 10.8 Å². The van der Waals surface area contributed by atoms with E-state index in [-0.39, 0.29) is 6.04 Å². The smallest absolute Gasteiger partial charge is 0.158 e. The summed E-state index contributed by atoms with van der Waals surface area (Å²) in [6.45, 7) is 3.36. The van der Waals surface area contributed by atoms with Crippen LogP contribution in [0.4, 0.5) is 0 Å². The van der Waals surface area contributed by atoms with E-state index >= 15 is 0 Å². The van der Waals surface area contributed by atoms with Gasteiger partial charge in [-0.3, -0.25) is 0 Å². The first-order chi connectivity index (χ1) is 10.3. The van der Waals surface area contributed by atoms with Gasteiger partial charge in [0.2, 0.25) is 0 Å². The zero-order valence-corrected chi connectivity index (χ0v) is 12.1. The lowest BCUT2D eigenvalue weighted by Gasteiger charge is -2.25. The van der Waals surface area contributed by atoms with Crippen LogP contribution in [0.5, 0.6) is 0 Å². The van der Waals surface area contributed by atoms with Crippen molar-refractivity contribution in [2.45, 2.75) is 18.8 Å². The number of aliphatic hydroxyl groups excluding tert-OH is 1. The largest absolute Gasteiger partial charge is 0.368 e. The van der Waals surface area contributed by atoms with Gasteiger partial charge in [0, 0.05) is 32.1 Å². The molecule has 0 aromatic heterocycles. The summed E-state index contributed by atoms with van der Waals surface area (Å²) in [4.78, 5) is 0. The van der Waals surface area contributed by atoms with Crippen LogP contribution in [0.15, 0.2) is 42.5 Å². The number of ether oxygens (including phenoxy) is 1. The number of nitrogens with one attached hydrogen (secondary N) is 2. The lowest BCUT2D eigenvalue weighted by molar-refractivity contribution is -0.104. The van der Waals surface area contributed by atoms with Crippen molar-refractivity contribution in [2.75, 3.05) is 26.2 Å². The second kappa shape index (κ2) is 7.00. The predicted octanol–water partition coefficient (Wildman–Crippen LogP) is 1.28. The van der Waals surface area contributed by atoms with Crippen LogP contribution < -0.4 is 10.6 Å². The van der Waals surface area contributed by atoms with Crippen molar-refractivity contribution in [1.29, 1.82) is 0 Å². The quantitative estimate of drug-likeness (QED) is 0.725. The lowest BCUT2D eigenvalue weighted by atomic mass is 10.0. The monoisotopic (exact) mass is 286 g/mol. The Morgan fingerprint density at radius 2 is 2.00 bits per heavy atom. The van der Waals surface area contributed by atoms with E-state index in [2.05, 4.69) is 34.9 Å². The average molecular weight is 286 g/mol. The molecule has 0 radical (unpaired) electrons. The van der Waals surface area contributed by atoms with E-state index in [0.29, 0.717) is 13.0 Å². The summed E-state index contributed by atoms with van der Waals surface area (Å²) >= 11 is 0. The van der Waals surface area contributed by atoms with Crippen LogP contribution in [-0.2, 0) is 11.2 Å². The Labute approximate surface area is 125 Å². The van der Waals surface area contributed by atoms with E-state index in [1.54, 1.807) is 0 Å². The van der Waals surface area contributed by atoms with Crippen LogP contribution >= 0.6 is 0 Å². The normalized spacial score (nSPS) is 20.5. The van der Waals surface area contributed by atoms with Crippen molar-refractivity contribution >= 4 is 10.8 Å². The van der Waals surface area contributed by atoms with E-state index < -0.39 is 6.29 Å². The first-order valence-corrected chi connectivity index (χ1v) is 7.53. The van der Waals surface area contributed by atoms with Gasteiger partial charge in [0.25, 0.3) is 0 Å². The minimum Gasteiger partial charge on any atom is -0.368 e. The summed E-state index contributed by atoms with van der Waals surface area (Å²) in [5.41, 5.74) is 1.12. The number of fused-ring (bicyclic) bond motifs is 1. The molecule has 0 spiro atoms. The third-order valence-corrected chi connectivity index (χ3v) is 3.89. The minimum absolute atomic E-state index is 0.279. The molecule has 112 valence electrons. The molecule has 2 unspecified atom stereocenters. The van der Waals surface area contributed by atoms with E-state index in [1.807, 2.05) is 18.2 Å². The number of piperazine rings is 1. The van der Waals surface area contributed by atoms with Gasteiger partial charge in [-0.25, -0.2) is 0 Å². The van der Waals surface area contributed by atoms with E-state index in [9.17, 15) is 5.11 Å². The highest BCUT2D eigenvalue weighted by Crippen LogP contribution is 2.20. The number of benzene rings is 2. The molecule has 1 aliphatic rings. The molecule has 3 rings (SSSR count). The van der Waals surface area contributed by atoms with Gasteiger partial charge in [0.05, 0.1) is 6.61 Å². The van der Waals surface area contributed by atoms with Gasteiger partial charge in [0.15, 0.2) is 6.29 Å². The third-order valence-electron chi connectivity index (χ3n) is 3.89. The van der Waals surface area contributed by atoms with Crippen molar-refractivity contribution in [3.8, 4) is 0 Å². The highest BCUT2D eigenvalue weighted by molar-refractivity contribution is 5.85. The van der Waals surface area contributed by atoms with Gasteiger partial charge in [-0.05, 0) is 16.3 Å². The second-order valence-corrected chi connectivity index (χ2v) is 5.49. The maximum atomic E-state index is 10.1. The maximum absolute atomic E-state index is 10.1. The van der Waals surface area contributed by atoms with Crippen molar-refractivity contribution in [3.05, 3.63) is 48.0 Å². The summed E-state index contributed by atoms with van der Waals surface area (Å²) < 4.78 is 5.59. The van der Waals surface area contributed by atoms with Gasteiger partial charge in [-0.2, -0.15) is 0 Å². The third kappa shape index (κ3) is 3.80. The van der Waals surface area contributed by atoms with Crippen molar-refractivity contribution in [2.24, 2.45) is 0 Å². The summed E-state index contributed by atoms with van der Waals surface area (Å²) in [7, 11) is 0. The molecule has 21 heavy (non-hydrogen) atoms. The maximum Gasteiger partial charge on any atom is 0.158 e. The lowest BCUT2D eigenvalue weighted by Crippen LogP contribution is -2.50. The zero-order valence-electron chi connectivity index (χ0n) is 12.1. The molecule has 4 heteroatoms. The number of aliphatic hydroxyl groups is 1. The Kier molecular flexibility index (Phi) is 4.83. The minimum atomic E-state index is -0.764. The summed E-state index contributed by atoms with van der Waals surface area (Å²) in [6.07, 6.45) is -0.249. The van der Waals surface area contributed by atoms with Crippen LogP contribution in [0.2, 0.25) is 0 Å². The van der Waals surface area contributed by atoms with Gasteiger partial charge >= 0.3 is 0 Å². The summed E-state index contributed by atoms with van der Waals surface area (Å²) in [6, 6.07) is 14.7. The first-order valence-electron chi connectivity index (χ1n) is 7.53. The molecule has 1 aliphatic heterocycles. The molecule has 2 aromatic carbocycles. The molecular formula is C17H22N2O2. The Morgan fingerprint density at radius 1 is 1.14 bits per heavy atom. The highest BCUT2D eigenvalue weighted by atomic mass is 16.6. The second-order valence-electron chi connectivity index (χ2n) is 5.49. The molecule has 2 aromatic rings. The molecule has 1 heterocycles. The van der Waals surface area contributed by atoms with E-state index in [4.69, 9.17) is 4.74 Å². The van der Waals surface area contributed by atoms with E-state index in [1.165, 1.54) is 10.8 Å². The van der Waals surface area contributed by atoms with Crippen LogP contribution in [0.1, 0.15) is 5.56 Å². The van der Waals surface area contributed by atoms with Gasteiger partial charge < -0.3 is 20.5 Å². The molecule has 1 fully saturated rings. The zero-order chi connectivity index (χ0) is 14.5. The number of rotatable bonds is 5. The van der Waals surface area contributed by atoms with Crippen LogP contribution in [-0.4, -0.2) is 43.7 Å². The SMILES string of the molecule is OC(Cc1cccc2ccccc12)OCC1CNCCN1. The first kappa shape index (κ1) is 14.5. The van der Waals surface area contributed by atoms with E-state index in [0.717, 1.165) is 25.2 Å². The fourth-order valence-electron chi connectivity index (χ4n) is 2.78. The molecule has 2 atom stereocenters. The molecular weight excluding hydrogens is 264 g/mol. The van der Waals surface area contributed by atoms with Crippen molar-refractivity contribution in [3.63, 3.8) is 0 Å². The topological polar surface area (TPSA) is 53.5 Å². The van der Waals surface area contributed by atoms with Gasteiger partial charge in [-0.15, -0.1) is 0 Å². The van der Waals surface area contributed by atoms with Crippen molar-refractivity contribution in [1.82, 2.24) is 10.6 Å². The highest BCUT2D eigenvalue weighted by Gasteiger charge is 2.15. The summed E-state index contributed by atoms with van der Waals surface area (Å²) in [5, 5.41) is 19.2. The van der Waals surface area contributed by atoms with Crippen molar-refractivity contribution < 1.29 is 9.84 Å². The molecule has 0 bridgehead atoms. The predicted molar refractivity (Wildman–Crippen MR) is 84.3 cm³/mol. The molecule has 4 nitrogen and oxygen atoms in total. The Balaban J connectivity index is 1.59. The fourth-order valence-corrected chi connectivity index (χ4v) is 2.78. The number of hydrogen-bond acceptors (Lipinski definition) is 4. The number of hydrogen-bond donors (Lipinski definition) is 3. The standard InChI is InChI=1S/C17H22N2O2/c20-17(21-12-15-11-18-8-9-19-15)10-14-6-3-5-13-4-1-2-7-16(13)14/h1-7,15,17-20H,8-12H2. The van der Waals surface area contributed by atoms with Crippen LogP contribution in [0, 0.1) is 0 Å². The molecule has 0 aliphatic carbocycles. The summed E-state index contributed by atoms with van der Waals surface area (Å²) in [5.74, 6) is 0. The molecule has 1 saturated heterocycles. The van der Waals surface area contributed by atoms with Gasteiger partial charge in [-0.1, -0.05) is 42.5 Å². The average Bonchev–Trinajstić information content (AvgIpc) is 2.54. The Bertz CT molecular complexity index is 577. The molecule has 3 N–H and O–H groups in total. The molecule has 0 amide bonds. The van der Waals surface area contributed by atoms with Gasteiger partial charge in [0.1, 0.15) is 0 Å². The Hall–Kier alpha value is -1.46. The van der Waals surface area contributed by atoms with Crippen LogP contribution in [0.3, 0.4) is 0 Å². The molecule has 0 saturated carbocycles.